The molecule has 8 nitrogen and oxygen atoms in total. The Morgan fingerprint density at radius 2 is 2.00 bits per heavy atom. The van der Waals surface area contributed by atoms with E-state index in [0.29, 0.717) is 11.1 Å². The van der Waals surface area contributed by atoms with Crippen molar-refractivity contribution in [2.24, 2.45) is 14.1 Å². The maximum atomic E-state index is 12.0. The van der Waals surface area contributed by atoms with Crippen LogP contribution in [0.1, 0.15) is 13.8 Å². The molecule has 0 saturated heterocycles. The van der Waals surface area contributed by atoms with E-state index in [1.165, 1.54) is 35.6 Å². The first-order valence-corrected chi connectivity index (χ1v) is 6.37. The van der Waals surface area contributed by atoms with Crippen LogP contribution in [0.3, 0.4) is 0 Å². The summed E-state index contributed by atoms with van der Waals surface area (Å²) in [5, 5.41) is 4.48. The Balaban J connectivity index is 2.62. The van der Waals surface area contributed by atoms with Crippen LogP contribution >= 0.6 is 0 Å². The summed E-state index contributed by atoms with van der Waals surface area (Å²) in [5.74, 6) is -0.489. The van der Waals surface area contributed by atoms with Crippen molar-refractivity contribution < 1.29 is 9.53 Å². The molecule has 2 aromatic rings. The molecule has 0 aliphatic carbocycles. The minimum absolute atomic E-state index is 0.264. The molecule has 0 aliphatic heterocycles. The van der Waals surface area contributed by atoms with Gasteiger partial charge in [0, 0.05) is 32.1 Å². The Hall–Kier alpha value is -2.64. The van der Waals surface area contributed by atoms with Gasteiger partial charge in [0.05, 0.1) is 6.61 Å². The first kappa shape index (κ1) is 14.8. The van der Waals surface area contributed by atoms with E-state index < -0.39 is 17.2 Å². The lowest BCUT2D eigenvalue weighted by atomic mass is 10.4. The smallest absolute Gasteiger partial charge is 0.332 e. The molecule has 0 N–H and O–H groups in total. The van der Waals surface area contributed by atoms with Gasteiger partial charge in [-0.1, -0.05) is 0 Å². The lowest BCUT2D eigenvalue weighted by Gasteiger charge is -2.01. The fourth-order valence-electron chi connectivity index (χ4n) is 1.95. The van der Waals surface area contributed by atoms with Crippen LogP contribution in [-0.4, -0.2) is 31.5 Å². The molecule has 0 fully saturated rings. The molecule has 2 aromatic heterocycles. The van der Waals surface area contributed by atoms with Crippen molar-refractivity contribution in [3.05, 3.63) is 33.1 Å². The third-order valence-electron chi connectivity index (χ3n) is 3.10. The molecular formula is C13H16N4O4. The Kier molecular flexibility index (Phi) is 3.79. The number of fused-ring (bicyclic) bond motifs is 1. The summed E-state index contributed by atoms with van der Waals surface area (Å²) in [4.78, 5) is 35.3. The fraction of sp³-hybridized carbons (Fsp3) is 0.385. The average Bonchev–Trinajstić information content (AvgIpc) is 2.88. The summed E-state index contributed by atoms with van der Waals surface area (Å²) in [7, 11) is 2.94. The van der Waals surface area contributed by atoms with Crippen molar-refractivity contribution in [3.63, 3.8) is 0 Å². The van der Waals surface area contributed by atoms with Crippen molar-refractivity contribution in [1.82, 2.24) is 18.9 Å². The highest BCUT2D eigenvalue weighted by Crippen LogP contribution is 2.09. The molecule has 0 amide bonds. The van der Waals surface area contributed by atoms with E-state index in [1.807, 2.05) is 0 Å². The molecule has 2 heterocycles. The second-order valence-corrected chi connectivity index (χ2v) is 4.55. The number of carbonyl (C=O) groups excluding carboxylic acids is 1. The zero-order chi connectivity index (χ0) is 15.7. The number of allylic oxidation sites excluding steroid dienone is 1. The molecule has 0 aliphatic rings. The number of rotatable bonds is 3. The number of aromatic nitrogens is 4. The summed E-state index contributed by atoms with van der Waals surface area (Å²) < 4.78 is 8.49. The second kappa shape index (κ2) is 5.39. The molecule has 0 atom stereocenters. The summed E-state index contributed by atoms with van der Waals surface area (Å²) in [5.41, 5.74) is -0.132. The lowest BCUT2D eigenvalue weighted by Crippen LogP contribution is -2.36. The predicted octanol–water partition coefficient (Wildman–Crippen LogP) is -0.142. The monoisotopic (exact) mass is 292 g/mol. The Bertz CT molecular complexity index is 853. The van der Waals surface area contributed by atoms with Gasteiger partial charge >= 0.3 is 11.7 Å². The van der Waals surface area contributed by atoms with Gasteiger partial charge in [-0.15, -0.1) is 5.10 Å². The third-order valence-corrected chi connectivity index (χ3v) is 3.10. The summed E-state index contributed by atoms with van der Waals surface area (Å²) in [6, 6.07) is 0. The van der Waals surface area contributed by atoms with Crippen molar-refractivity contribution in [1.29, 1.82) is 0 Å². The van der Waals surface area contributed by atoms with Crippen LogP contribution in [0.4, 0.5) is 0 Å². The van der Waals surface area contributed by atoms with Crippen molar-refractivity contribution in [2.45, 2.75) is 13.8 Å². The topological polar surface area (TPSA) is 88.1 Å². The van der Waals surface area contributed by atoms with E-state index >= 15 is 0 Å². The molecule has 0 unspecified atom stereocenters. The average molecular weight is 292 g/mol. The fourth-order valence-corrected chi connectivity index (χ4v) is 1.95. The number of carbonyl (C=O) groups is 1. The first-order chi connectivity index (χ1) is 9.86. The number of ether oxygens (including phenoxy) is 1. The summed E-state index contributed by atoms with van der Waals surface area (Å²) >= 11 is 0. The van der Waals surface area contributed by atoms with Gasteiger partial charge in [-0.3, -0.25) is 13.9 Å². The molecule has 0 radical (unpaired) electrons. The molecule has 8 heteroatoms. The van der Waals surface area contributed by atoms with Gasteiger partial charge < -0.3 is 4.74 Å². The molecule has 0 spiro atoms. The SMILES string of the molecule is CCOC(=O)/C=C(/C)n1cc2c(=O)n(C)c(=O)n(C)c2n1. The largest absolute Gasteiger partial charge is 0.463 e. The first-order valence-electron chi connectivity index (χ1n) is 6.37. The number of esters is 1. The molecule has 0 bridgehead atoms. The van der Waals surface area contributed by atoms with Crippen molar-refractivity contribution in [2.75, 3.05) is 6.61 Å². The molecule has 112 valence electrons. The number of hydrogen-bond donors (Lipinski definition) is 0. The van der Waals surface area contributed by atoms with Crippen LogP contribution in [-0.2, 0) is 23.6 Å². The van der Waals surface area contributed by atoms with Gasteiger partial charge in [0.1, 0.15) is 5.39 Å². The Morgan fingerprint density at radius 3 is 2.62 bits per heavy atom. The third kappa shape index (κ3) is 2.51. The number of hydrogen-bond acceptors (Lipinski definition) is 5. The van der Waals surface area contributed by atoms with E-state index in [4.69, 9.17) is 4.74 Å². The van der Waals surface area contributed by atoms with Crippen LogP contribution in [0.15, 0.2) is 21.9 Å². The van der Waals surface area contributed by atoms with Gasteiger partial charge in [0.2, 0.25) is 0 Å². The standard InChI is InChI=1S/C13H16N4O4/c1-5-21-10(18)6-8(2)17-7-9-11(14-17)15(3)13(20)16(4)12(9)19/h6-7H,5H2,1-4H3/b8-6-. The van der Waals surface area contributed by atoms with Crippen LogP contribution in [0.25, 0.3) is 16.7 Å². The second-order valence-electron chi connectivity index (χ2n) is 4.55. The highest BCUT2D eigenvalue weighted by atomic mass is 16.5. The van der Waals surface area contributed by atoms with E-state index in [0.717, 1.165) is 4.57 Å². The minimum Gasteiger partial charge on any atom is -0.463 e. The highest BCUT2D eigenvalue weighted by molar-refractivity contribution is 5.88. The predicted molar refractivity (Wildman–Crippen MR) is 76.8 cm³/mol. The summed E-state index contributed by atoms with van der Waals surface area (Å²) in [6.07, 6.45) is 2.76. The Morgan fingerprint density at radius 1 is 1.33 bits per heavy atom. The highest BCUT2D eigenvalue weighted by Gasteiger charge is 2.13. The number of nitrogens with zero attached hydrogens (tertiary/aromatic N) is 4. The molecule has 0 aromatic carbocycles. The number of aryl methyl sites for hydroxylation is 1. The van der Waals surface area contributed by atoms with Crippen LogP contribution < -0.4 is 11.2 Å². The van der Waals surface area contributed by atoms with E-state index in [1.54, 1.807) is 13.8 Å². The molecular weight excluding hydrogens is 276 g/mol. The molecule has 2 rings (SSSR count). The minimum atomic E-state index is -0.489. The maximum Gasteiger partial charge on any atom is 0.332 e. The van der Waals surface area contributed by atoms with Crippen molar-refractivity contribution in [3.8, 4) is 0 Å². The summed E-state index contributed by atoms with van der Waals surface area (Å²) in [6.45, 7) is 3.65. The Labute approximate surface area is 119 Å². The maximum absolute atomic E-state index is 12.0. The van der Waals surface area contributed by atoms with Gasteiger partial charge in [-0.05, 0) is 13.8 Å². The lowest BCUT2D eigenvalue weighted by molar-refractivity contribution is -0.137. The van der Waals surface area contributed by atoms with Crippen LogP contribution in [0.5, 0.6) is 0 Å². The van der Waals surface area contributed by atoms with Crippen molar-refractivity contribution >= 4 is 22.7 Å². The zero-order valence-corrected chi connectivity index (χ0v) is 12.3. The van der Waals surface area contributed by atoms with Crippen LogP contribution in [0.2, 0.25) is 0 Å². The normalized spacial score (nSPS) is 11.9. The van der Waals surface area contributed by atoms with Gasteiger partial charge in [0.15, 0.2) is 5.65 Å². The van der Waals surface area contributed by atoms with E-state index in [2.05, 4.69) is 5.10 Å². The van der Waals surface area contributed by atoms with E-state index in [9.17, 15) is 14.4 Å². The zero-order valence-electron chi connectivity index (χ0n) is 12.3. The van der Waals surface area contributed by atoms with E-state index in [-0.39, 0.29) is 12.3 Å². The van der Waals surface area contributed by atoms with Gasteiger partial charge in [0.25, 0.3) is 5.56 Å². The van der Waals surface area contributed by atoms with Crippen LogP contribution in [0, 0.1) is 0 Å². The van der Waals surface area contributed by atoms with Gasteiger partial charge in [-0.25, -0.2) is 14.3 Å². The molecule has 21 heavy (non-hydrogen) atoms. The van der Waals surface area contributed by atoms with Gasteiger partial charge in [-0.2, -0.15) is 0 Å². The quantitative estimate of drug-likeness (QED) is 0.580. The molecule has 0 saturated carbocycles.